The lowest BCUT2D eigenvalue weighted by Crippen LogP contribution is -2.09. The summed E-state index contributed by atoms with van der Waals surface area (Å²) in [6.45, 7) is 1.77. The molecule has 3 aromatic carbocycles. The topological polar surface area (TPSA) is 80.3 Å². The molecular weight excluding hydrogens is 424 g/mol. The maximum Gasteiger partial charge on any atom is 0.343 e. The average molecular weight is 446 g/mol. The van der Waals surface area contributed by atoms with E-state index in [-0.39, 0.29) is 17.3 Å². The fourth-order valence-electron chi connectivity index (χ4n) is 3.55. The molecule has 7 heteroatoms. The third kappa shape index (κ3) is 4.39. The van der Waals surface area contributed by atoms with Crippen LogP contribution in [0.5, 0.6) is 28.7 Å². The van der Waals surface area contributed by atoms with E-state index in [0.717, 1.165) is 5.56 Å². The molecule has 0 fully saturated rings. The number of carbonyl (C=O) groups excluding carboxylic acids is 2. The van der Waals surface area contributed by atoms with E-state index < -0.39 is 5.97 Å². The molecule has 0 spiro atoms. The SMILES string of the molecule is COc1cccc(/C=C2\Oc3cc(OC(=O)c4ccc(OC)c(OC)c4)cc(C)c3C2=O)c1. The van der Waals surface area contributed by atoms with Gasteiger partial charge in [-0.05, 0) is 60.5 Å². The summed E-state index contributed by atoms with van der Waals surface area (Å²) in [5.41, 5.74) is 2.14. The van der Waals surface area contributed by atoms with Crippen LogP contribution in [-0.4, -0.2) is 33.1 Å². The van der Waals surface area contributed by atoms with Gasteiger partial charge in [0.05, 0.1) is 32.5 Å². The molecule has 0 amide bonds. The van der Waals surface area contributed by atoms with Crippen molar-refractivity contribution in [3.05, 3.63) is 82.6 Å². The first kappa shape index (κ1) is 22.0. The number of hydrogen-bond acceptors (Lipinski definition) is 7. The number of Topliss-reactive ketones (excluding diaryl/α,β-unsaturated/α-hetero) is 1. The summed E-state index contributed by atoms with van der Waals surface area (Å²) in [5.74, 6) is 1.57. The second kappa shape index (κ2) is 9.08. The van der Waals surface area contributed by atoms with Gasteiger partial charge in [-0.25, -0.2) is 4.79 Å². The number of methoxy groups -OCH3 is 3. The van der Waals surface area contributed by atoms with Gasteiger partial charge in [-0.15, -0.1) is 0 Å². The minimum Gasteiger partial charge on any atom is -0.497 e. The molecule has 168 valence electrons. The monoisotopic (exact) mass is 446 g/mol. The van der Waals surface area contributed by atoms with Gasteiger partial charge in [0.25, 0.3) is 0 Å². The predicted octanol–water partition coefficient (Wildman–Crippen LogP) is 4.86. The molecule has 1 aliphatic heterocycles. The molecule has 0 aromatic heterocycles. The van der Waals surface area contributed by atoms with Gasteiger partial charge in [0.15, 0.2) is 17.3 Å². The molecule has 0 saturated carbocycles. The van der Waals surface area contributed by atoms with Gasteiger partial charge in [0.1, 0.15) is 17.2 Å². The van der Waals surface area contributed by atoms with Crippen LogP contribution in [0.1, 0.15) is 31.8 Å². The fourth-order valence-corrected chi connectivity index (χ4v) is 3.55. The van der Waals surface area contributed by atoms with Crippen molar-refractivity contribution in [2.75, 3.05) is 21.3 Å². The zero-order valence-corrected chi connectivity index (χ0v) is 18.6. The second-order valence-electron chi connectivity index (χ2n) is 7.29. The Morgan fingerprint density at radius 2 is 1.67 bits per heavy atom. The third-order valence-corrected chi connectivity index (χ3v) is 5.16. The number of benzene rings is 3. The van der Waals surface area contributed by atoms with Crippen molar-refractivity contribution in [2.45, 2.75) is 6.92 Å². The highest BCUT2D eigenvalue weighted by Crippen LogP contribution is 2.38. The van der Waals surface area contributed by atoms with E-state index in [1.807, 2.05) is 18.2 Å². The van der Waals surface area contributed by atoms with Crippen molar-refractivity contribution >= 4 is 17.8 Å². The average Bonchev–Trinajstić information content (AvgIpc) is 3.13. The van der Waals surface area contributed by atoms with Gasteiger partial charge < -0.3 is 23.7 Å². The van der Waals surface area contributed by atoms with E-state index in [4.69, 9.17) is 23.7 Å². The molecule has 0 N–H and O–H groups in total. The highest BCUT2D eigenvalue weighted by Gasteiger charge is 2.30. The maximum atomic E-state index is 12.9. The van der Waals surface area contributed by atoms with Gasteiger partial charge >= 0.3 is 5.97 Å². The van der Waals surface area contributed by atoms with E-state index in [2.05, 4.69) is 0 Å². The molecule has 0 unspecified atom stereocenters. The number of allylic oxidation sites excluding steroid dienone is 1. The van der Waals surface area contributed by atoms with Crippen molar-refractivity contribution in [2.24, 2.45) is 0 Å². The van der Waals surface area contributed by atoms with Crippen LogP contribution < -0.4 is 23.7 Å². The molecule has 0 bridgehead atoms. The summed E-state index contributed by atoms with van der Waals surface area (Å²) in [6, 6.07) is 15.2. The lowest BCUT2D eigenvalue weighted by atomic mass is 10.0. The minimum absolute atomic E-state index is 0.185. The highest BCUT2D eigenvalue weighted by atomic mass is 16.5. The first-order chi connectivity index (χ1) is 15.9. The molecule has 1 aliphatic rings. The predicted molar refractivity (Wildman–Crippen MR) is 122 cm³/mol. The molecular formula is C26H22O7. The number of fused-ring (bicyclic) bond motifs is 1. The van der Waals surface area contributed by atoms with Gasteiger partial charge in [-0.2, -0.15) is 0 Å². The Kier molecular flexibility index (Phi) is 6.04. The van der Waals surface area contributed by atoms with Gasteiger partial charge in [0.2, 0.25) is 5.78 Å². The van der Waals surface area contributed by atoms with Crippen molar-refractivity contribution in [1.82, 2.24) is 0 Å². The van der Waals surface area contributed by atoms with Crippen LogP contribution in [0.3, 0.4) is 0 Å². The van der Waals surface area contributed by atoms with Crippen molar-refractivity contribution in [3.8, 4) is 28.7 Å². The van der Waals surface area contributed by atoms with Crippen LogP contribution in [0.25, 0.3) is 6.08 Å². The van der Waals surface area contributed by atoms with Crippen LogP contribution in [0, 0.1) is 6.92 Å². The number of ether oxygens (including phenoxy) is 5. The Morgan fingerprint density at radius 1 is 0.879 bits per heavy atom. The zero-order valence-electron chi connectivity index (χ0n) is 18.6. The Labute approximate surface area is 191 Å². The fraction of sp³-hybridized carbons (Fsp3) is 0.154. The molecule has 0 atom stereocenters. The molecule has 7 nitrogen and oxygen atoms in total. The summed E-state index contributed by atoms with van der Waals surface area (Å²) in [7, 11) is 4.58. The third-order valence-electron chi connectivity index (χ3n) is 5.16. The van der Waals surface area contributed by atoms with Crippen LogP contribution in [0.2, 0.25) is 0 Å². The summed E-state index contributed by atoms with van der Waals surface area (Å²) in [4.78, 5) is 25.6. The first-order valence-corrected chi connectivity index (χ1v) is 10.1. The standard InChI is InChI=1S/C26H22O7/c1-15-10-19(32-26(28)17-8-9-20(30-3)21(13-17)31-4)14-22-24(15)25(27)23(33-22)12-16-6-5-7-18(11-16)29-2/h5-14H,1-4H3/b23-12-. The summed E-state index contributed by atoms with van der Waals surface area (Å²) < 4.78 is 27.0. The van der Waals surface area contributed by atoms with Crippen molar-refractivity contribution in [1.29, 1.82) is 0 Å². The normalized spacial score (nSPS) is 13.3. The molecule has 4 rings (SSSR count). The Balaban J connectivity index is 1.58. The van der Waals surface area contributed by atoms with Crippen molar-refractivity contribution in [3.63, 3.8) is 0 Å². The number of carbonyl (C=O) groups is 2. The van der Waals surface area contributed by atoms with Crippen LogP contribution in [-0.2, 0) is 0 Å². The van der Waals surface area contributed by atoms with E-state index >= 15 is 0 Å². The number of esters is 1. The number of aryl methyl sites for hydroxylation is 1. The largest absolute Gasteiger partial charge is 0.497 e. The van der Waals surface area contributed by atoms with E-state index in [0.29, 0.717) is 39.7 Å². The smallest absolute Gasteiger partial charge is 0.343 e. The van der Waals surface area contributed by atoms with Crippen molar-refractivity contribution < 1.29 is 33.3 Å². The van der Waals surface area contributed by atoms with Crippen LogP contribution >= 0.6 is 0 Å². The van der Waals surface area contributed by atoms with Crippen LogP contribution in [0.4, 0.5) is 0 Å². The Morgan fingerprint density at radius 3 is 2.39 bits per heavy atom. The van der Waals surface area contributed by atoms with E-state index in [1.165, 1.54) is 26.4 Å². The second-order valence-corrected chi connectivity index (χ2v) is 7.29. The Bertz CT molecular complexity index is 1270. The summed E-state index contributed by atoms with van der Waals surface area (Å²) in [5, 5.41) is 0. The lowest BCUT2D eigenvalue weighted by Gasteiger charge is -2.10. The number of ketones is 1. The van der Waals surface area contributed by atoms with E-state index in [1.54, 1.807) is 44.4 Å². The number of hydrogen-bond donors (Lipinski definition) is 0. The summed E-state index contributed by atoms with van der Waals surface area (Å²) >= 11 is 0. The van der Waals surface area contributed by atoms with Gasteiger partial charge in [0, 0.05) is 6.07 Å². The van der Waals surface area contributed by atoms with E-state index in [9.17, 15) is 9.59 Å². The molecule has 0 radical (unpaired) electrons. The number of rotatable bonds is 6. The molecule has 3 aromatic rings. The zero-order chi connectivity index (χ0) is 23.5. The molecule has 0 aliphatic carbocycles. The maximum absolute atomic E-state index is 12.9. The Hall–Kier alpha value is -4.26. The lowest BCUT2D eigenvalue weighted by molar-refractivity contribution is 0.0734. The molecule has 1 heterocycles. The first-order valence-electron chi connectivity index (χ1n) is 10.1. The summed E-state index contributed by atoms with van der Waals surface area (Å²) in [6.07, 6.45) is 1.65. The minimum atomic E-state index is -0.577. The van der Waals surface area contributed by atoms with Crippen LogP contribution in [0.15, 0.2) is 60.4 Å². The molecule has 0 saturated heterocycles. The quantitative estimate of drug-likeness (QED) is 0.304. The molecule has 33 heavy (non-hydrogen) atoms. The highest BCUT2D eigenvalue weighted by molar-refractivity contribution is 6.15. The van der Waals surface area contributed by atoms with Gasteiger partial charge in [-0.1, -0.05) is 12.1 Å². The van der Waals surface area contributed by atoms with Gasteiger partial charge in [-0.3, -0.25) is 4.79 Å².